The number of nitrogens with zero attached hydrogens (tertiary/aromatic N) is 1. The van der Waals surface area contributed by atoms with Crippen LogP contribution >= 0.6 is 0 Å². The first kappa shape index (κ1) is 12.5. The first-order chi connectivity index (χ1) is 6.20. The van der Waals surface area contributed by atoms with Gasteiger partial charge in [-0.15, -0.1) is 0 Å². The molecule has 1 rings (SSSR count). The lowest BCUT2D eigenvalue weighted by Gasteiger charge is -2.17. The van der Waals surface area contributed by atoms with Crippen molar-refractivity contribution in [2.75, 3.05) is 13.1 Å². The van der Waals surface area contributed by atoms with Crippen LogP contribution in [0.3, 0.4) is 0 Å². The predicted molar refractivity (Wildman–Crippen MR) is 56.6 cm³/mol. The van der Waals surface area contributed by atoms with E-state index in [4.69, 9.17) is 0 Å². The summed E-state index contributed by atoms with van der Waals surface area (Å²) in [6.45, 7) is 9.87. The molecule has 0 aromatic carbocycles. The Hall–Kier alpha value is -0.530. The van der Waals surface area contributed by atoms with Gasteiger partial charge >= 0.3 is 0 Å². The number of carbonyl (C=O) groups is 1. The summed E-state index contributed by atoms with van der Waals surface area (Å²) in [7, 11) is 0. The lowest BCUT2D eigenvalue weighted by atomic mass is 10.0. The Morgan fingerprint density at radius 1 is 1.23 bits per heavy atom. The van der Waals surface area contributed by atoms with E-state index in [1.54, 1.807) is 6.92 Å². The molecule has 0 aromatic rings. The molecule has 1 heterocycles. The first-order valence-corrected chi connectivity index (χ1v) is 5.45. The van der Waals surface area contributed by atoms with E-state index in [-0.39, 0.29) is 5.91 Å². The lowest BCUT2D eigenvalue weighted by Crippen LogP contribution is -2.29. The van der Waals surface area contributed by atoms with Crippen molar-refractivity contribution in [2.24, 2.45) is 5.92 Å². The molecule has 0 saturated carbocycles. The molecule has 1 aliphatic heterocycles. The largest absolute Gasteiger partial charge is 0.343 e. The molecular formula is C11H23NO. The molecule has 0 N–H and O–H groups in total. The van der Waals surface area contributed by atoms with Crippen LogP contribution in [0.25, 0.3) is 0 Å². The zero-order valence-corrected chi connectivity index (χ0v) is 9.47. The molecule has 0 aliphatic carbocycles. The summed E-state index contributed by atoms with van der Waals surface area (Å²) in [6.07, 6.45) is 3.64. The zero-order chi connectivity index (χ0) is 10.3. The smallest absolute Gasteiger partial charge is 0.219 e. The summed E-state index contributed by atoms with van der Waals surface area (Å²) in [5, 5.41) is 0. The highest BCUT2D eigenvalue weighted by Crippen LogP contribution is 2.15. The van der Waals surface area contributed by atoms with E-state index in [1.807, 2.05) is 18.7 Å². The van der Waals surface area contributed by atoms with Crippen molar-refractivity contribution in [3.63, 3.8) is 0 Å². The fourth-order valence-corrected chi connectivity index (χ4v) is 1.58. The topological polar surface area (TPSA) is 20.3 Å². The zero-order valence-electron chi connectivity index (χ0n) is 9.47. The molecule has 78 valence electrons. The molecule has 0 aromatic heterocycles. The summed E-state index contributed by atoms with van der Waals surface area (Å²) >= 11 is 0. The summed E-state index contributed by atoms with van der Waals surface area (Å²) in [6, 6.07) is 0. The van der Waals surface area contributed by atoms with E-state index in [1.165, 1.54) is 19.3 Å². The fourth-order valence-electron chi connectivity index (χ4n) is 1.58. The van der Waals surface area contributed by atoms with Gasteiger partial charge in [0.05, 0.1) is 0 Å². The van der Waals surface area contributed by atoms with Crippen LogP contribution in [0.2, 0.25) is 0 Å². The maximum absolute atomic E-state index is 11.0. The van der Waals surface area contributed by atoms with Gasteiger partial charge in [0.1, 0.15) is 0 Å². The third-order valence-electron chi connectivity index (χ3n) is 2.46. The van der Waals surface area contributed by atoms with E-state index in [0.717, 1.165) is 19.0 Å². The molecule has 1 atom stereocenters. The van der Waals surface area contributed by atoms with Gasteiger partial charge in [0.2, 0.25) is 5.91 Å². The number of rotatable bonds is 0. The average molecular weight is 185 g/mol. The normalized spacial score (nSPS) is 22.8. The molecular weight excluding hydrogens is 162 g/mol. The molecule has 13 heavy (non-hydrogen) atoms. The minimum absolute atomic E-state index is 0.235. The second kappa shape index (κ2) is 6.93. The molecule has 1 saturated heterocycles. The Kier molecular flexibility index (Phi) is 6.65. The number of hydrogen-bond donors (Lipinski definition) is 0. The average Bonchev–Trinajstić information content (AvgIpc) is 2.33. The molecule has 0 radical (unpaired) electrons. The van der Waals surface area contributed by atoms with Crippen molar-refractivity contribution < 1.29 is 4.79 Å². The van der Waals surface area contributed by atoms with E-state index in [2.05, 4.69) is 6.92 Å². The molecule has 2 heteroatoms. The van der Waals surface area contributed by atoms with Gasteiger partial charge in [0.15, 0.2) is 0 Å². The molecule has 1 fully saturated rings. The van der Waals surface area contributed by atoms with Gasteiger partial charge in [-0.05, 0) is 25.2 Å². The minimum atomic E-state index is 0.235. The van der Waals surface area contributed by atoms with Crippen LogP contribution in [-0.4, -0.2) is 23.9 Å². The van der Waals surface area contributed by atoms with E-state index in [9.17, 15) is 4.79 Å². The number of likely N-dealkylation sites (tertiary alicyclic amines) is 1. The Bertz CT molecular complexity index is 145. The van der Waals surface area contributed by atoms with Crippen LogP contribution in [0.1, 0.15) is 47.0 Å². The number of carbonyl (C=O) groups excluding carboxylic acids is 1. The van der Waals surface area contributed by atoms with Gasteiger partial charge in [0, 0.05) is 20.0 Å². The Morgan fingerprint density at radius 3 is 2.38 bits per heavy atom. The second-order valence-corrected chi connectivity index (χ2v) is 3.54. The fraction of sp³-hybridized carbons (Fsp3) is 0.909. The van der Waals surface area contributed by atoms with Crippen molar-refractivity contribution in [1.29, 1.82) is 0 Å². The Morgan fingerprint density at radius 2 is 1.85 bits per heavy atom. The maximum Gasteiger partial charge on any atom is 0.219 e. The summed E-state index contributed by atoms with van der Waals surface area (Å²) < 4.78 is 0. The standard InChI is InChI=1S/C9H17NO.C2H6/c1-8-4-3-6-10(7-5-8)9(2)11;1-2/h8H,3-7H2,1-2H3;1-2H3. The van der Waals surface area contributed by atoms with Crippen LogP contribution in [0.5, 0.6) is 0 Å². The van der Waals surface area contributed by atoms with Gasteiger partial charge in [-0.25, -0.2) is 0 Å². The van der Waals surface area contributed by atoms with Crippen LogP contribution < -0.4 is 0 Å². The van der Waals surface area contributed by atoms with Gasteiger partial charge in [-0.3, -0.25) is 4.79 Å². The lowest BCUT2D eigenvalue weighted by molar-refractivity contribution is -0.128. The third-order valence-corrected chi connectivity index (χ3v) is 2.46. The first-order valence-electron chi connectivity index (χ1n) is 5.45. The molecule has 1 aliphatic rings. The van der Waals surface area contributed by atoms with E-state index < -0.39 is 0 Å². The summed E-state index contributed by atoms with van der Waals surface area (Å²) in [5.41, 5.74) is 0. The minimum Gasteiger partial charge on any atom is -0.343 e. The van der Waals surface area contributed by atoms with Gasteiger partial charge in [0.25, 0.3) is 0 Å². The van der Waals surface area contributed by atoms with Gasteiger partial charge < -0.3 is 4.90 Å². The van der Waals surface area contributed by atoms with Crippen molar-refractivity contribution >= 4 is 5.91 Å². The van der Waals surface area contributed by atoms with Gasteiger partial charge in [-0.2, -0.15) is 0 Å². The van der Waals surface area contributed by atoms with Crippen molar-refractivity contribution in [3.05, 3.63) is 0 Å². The number of hydrogen-bond acceptors (Lipinski definition) is 1. The van der Waals surface area contributed by atoms with E-state index >= 15 is 0 Å². The Balaban J connectivity index is 0.000000671. The SMILES string of the molecule is CC.CC(=O)N1CCCC(C)CC1. The van der Waals surface area contributed by atoms with E-state index in [0.29, 0.717) is 0 Å². The molecule has 1 unspecified atom stereocenters. The van der Waals surface area contributed by atoms with Crippen LogP contribution in [0.4, 0.5) is 0 Å². The van der Waals surface area contributed by atoms with Gasteiger partial charge in [-0.1, -0.05) is 20.8 Å². The molecule has 0 bridgehead atoms. The molecule has 1 amide bonds. The third kappa shape index (κ3) is 4.91. The molecule has 0 spiro atoms. The van der Waals surface area contributed by atoms with Crippen LogP contribution in [0, 0.1) is 5.92 Å². The molecule has 2 nitrogen and oxygen atoms in total. The van der Waals surface area contributed by atoms with Crippen molar-refractivity contribution in [3.8, 4) is 0 Å². The summed E-state index contributed by atoms with van der Waals surface area (Å²) in [5.74, 6) is 1.04. The highest BCUT2D eigenvalue weighted by atomic mass is 16.2. The highest BCUT2D eigenvalue weighted by molar-refractivity contribution is 5.73. The van der Waals surface area contributed by atoms with Crippen LogP contribution in [0.15, 0.2) is 0 Å². The quantitative estimate of drug-likeness (QED) is 0.568. The highest BCUT2D eigenvalue weighted by Gasteiger charge is 2.14. The second-order valence-electron chi connectivity index (χ2n) is 3.54. The monoisotopic (exact) mass is 185 g/mol. The summed E-state index contributed by atoms with van der Waals surface area (Å²) in [4.78, 5) is 12.9. The van der Waals surface area contributed by atoms with Crippen molar-refractivity contribution in [1.82, 2.24) is 4.90 Å². The maximum atomic E-state index is 11.0. The Labute approximate surface area is 82.3 Å². The van der Waals surface area contributed by atoms with Crippen LogP contribution in [-0.2, 0) is 4.79 Å². The predicted octanol–water partition coefficient (Wildman–Crippen LogP) is 2.68. The van der Waals surface area contributed by atoms with Crippen molar-refractivity contribution in [2.45, 2.75) is 47.0 Å². The number of amides is 1.